The summed E-state index contributed by atoms with van der Waals surface area (Å²) in [5, 5.41) is 11.7. The molecule has 0 spiro atoms. The number of nitrogens with one attached hydrogen (secondary N) is 1. The summed E-state index contributed by atoms with van der Waals surface area (Å²) in [6.45, 7) is 2.48. The van der Waals surface area contributed by atoms with Crippen LogP contribution in [0.5, 0.6) is 5.75 Å². The fourth-order valence-electron chi connectivity index (χ4n) is 1.56. The number of nitrogens with two attached hydrogens (primary N) is 1. The molecule has 0 saturated carbocycles. The Hall–Kier alpha value is -2.06. The molecule has 0 bridgehead atoms. The Morgan fingerprint density at radius 3 is 2.94 bits per heavy atom. The van der Waals surface area contributed by atoms with Crippen LogP contribution in [-0.2, 0) is 11.3 Å². The van der Waals surface area contributed by atoms with Gasteiger partial charge in [-0.2, -0.15) is 5.26 Å². The molecule has 0 saturated heterocycles. The van der Waals surface area contributed by atoms with Crippen molar-refractivity contribution in [2.75, 3.05) is 6.61 Å². The number of ether oxygens (including phenoxy) is 1. The zero-order valence-corrected chi connectivity index (χ0v) is 10.3. The standard InChI is InChI=1S/C13H17N3O2/c1-10(8-13(15)17)16-9-11-4-2-3-5-12(11)18-7-6-14/h2-5,10,16H,7-9H2,1H3,(H2,15,17). The van der Waals surface area contributed by atoms with Crippen molar-refractivity contribution in [1.82, 2.24) is 5.32 Å². The number of nitrogens with zero attached hydrogens (tertiary/aromatic N) is 1. The van der Waals surface area contributed by atoms with Crippen molar-refractivity contribution in [3.8, 4) is 11.8 Å². The van der Waals surface area contributed by atoms with Gasteiger partial charge in [-0.15, -0.1) is 0 Å². The van der Waals surface area contributed by atoms with Gasteiger partial charge in [0.05, 0.1) is 0 Å². The second-order valence-corrected chi connectivity index (χ2v) is 4.01. The fourth-order valence-corrected chi connectivity index (χ4v) is 1.56. The molecule has 1 rings (SSSR count). The van der Waals surface area contributed by atoms with E-state index < -0.39 is 0 Å². The predicted octanol–water partition coefficient (Wildman–Crippen LogP) is 0.942. The number of carbonyl (C=O) groups is 1. The highest BCUT2D eigenvalue weighted by Crippen LogP contribution is 2.17. The number of benzene rings is 1. The molecule has 0 aromatic heterocycles. The number of hydrogen-bond donors (Lipinski definition) is 2. The zero-order valence-electron chi connectivity index (χ0n) is 10.3. The number of carbonyl (C=O) groups excluding carboxylic acids is 1. The molecule has 1 aromatic rings. The van der Waals surface area contributed by atoms with Crippen LogP contribution < -0.4 is 15.8 Å². The van der Waals surface area contributed by atoms with Gasteiger partial charge in [-0.05, 0) is 13.0 Å². The molecule has 0 aliphatic carbocycles. The van der Waals surface area contributed by atoms with Crippen LogP contribution in [0.4, 0.5) is 0 Å². The first-order valence-corrected chi connectivity index (χ1v) is 5.73. The third-order valence-electron chi connectivity index (χ3n) is 2.41. The van der Waals surface area contributed by atoms with E-state index in [1.165, 1.54) is 0 Å². The highest BCUT2D eigenvalue weighted by atomic mass is 16.5. The van der Waals surface area contributed by atoms with E-state index in [1.807, 2.05) is 37.3 Å². The Morgan fingerprint density at radius 1 is 1.56 bits per heavy atom. The quantitative estimate of drug-likeness (QED) is 0.750. The van der Waals surface area contributed by atoms with Crippen molar-refractivity contribution >= 4 is 5.91 Å². The van der Waals surface area contributed by atoms with Crippen LogP contribution >= 0.6 is 0 Å². The number of hydrogen-bond acceptors (Lipinski definition) is 4. The van der Waals surface area contributed by atoms with Gasteiger partial charge in [0.2, 0.25) is 5.91 Å². The monoisotopic (exact) mass is 247 g/mol. The normalized spacial score (nSPS) is 11.6. The summed E-state index contributed by atoms with van der Waals surface area (Å²) >= 11 is 0. The second kappa shape index (κ2) is 7.30. The van der Waals surface area contributed by atoms with Crippen LogP contribution in [0.1, 0.15) is 18.9 Å². The van der Waals surface area contributed by atoms with Gasteiger partial charge in [0.25, 0.3) is 0 Å². The Balaban J connectivity index is 2.56. The van der Waals surface area contributed by atoms with Gasteiger partial charge in [-0.1, -0.05) is 18.2 Å². The van der Waals surface area contributed by atoms with Gasteiger partial charge in [-0.3, -0.25) is 4.79 Å². The average molecular weight is 247 g/mol. The van der Waals surface area contributed by atoms with Crippen LogP contribution in [0.3, 0.4) is 0 Å². The summed E-state index contributed by atoms with van der Waals surface area (Å²) in [7, 11) is 0. The first kappa shape index (κ1) is 14.0. The highest BCUT2D eigenvalue weighted by molar-refractivity contribution is 5.74. The van der Waals surface area contributed by atoms with Crippen molar-refractivity contribution in [3.05, 3.63) is 29.8 Å². The molecule has 5 heteroatoms. The van der Waals surface area contributed by atoms with E-state index in [4.69, 9.17) is 15.7 Å². The van der Waals surface area contributed by atoms with Crippen molar-refractivity contribution in [2.24, 2.45) is 5.73 Å². The summed E-state index contributed by atoms with van der Waals surface area (Å²) in [4.78, 5) is 10.8. The first-order chi connectivity index (χ1) is 8.63. The molecular weight excluding hydrogens is 230 g/mol. The SMILES string of the molecule is CC(CC(N)=O)NCc1ccccc1OCC#N. The third-order valence-corrected chi connectivity index (χ3v) is 2.41. The molecule has 0 fully saturated rings. The van der Waals surface area contributed by atoms with Crippen molar-refractivity contribution < 1.29 is 9.53 Å². The lowest BCUT2D eigenvalue weighted by molar-refractivity contribution is -0.118. The van der Waals surface area contributed by atoms with Gasteiger partial charge in [0.1, 0.15) is 11.8 Å². The van der Waals surface area contributed by atoms with E-state index in [-0.39, 0.29) is 18.6 Å². The number of para-hydroxylation sites is 1. The molecule has 3 N–H and O–H groups in total. The molecular formula is C13H17N3O2. The average Bonchev–Trinajstić information content (AvgIpc) is 2.34. The van der Waals surface area contributed by atoms with E-state index in [2.05, 4.69) is 5.32 Å². The number of rotatable bonds is 7. The molecule has 1 atom stereocenters. The summed E-state index contributed by atoms with van der Waals surface area (Å²) in [5.41, 5.74) is 6.07. The smallest absolute Gasteiger partial charge is 0.218 e. The minimum absolute atomic E-state index is 0.00604. The minimum Gasteiger partial charge on any atom is -0.478 e. The van der Waals surface area contributed by atoms with Gasteiger partial charge in [0.15, 0.2) is 6.61 Å². The lowest BCUT2D eigenvalue weighted by Gasteiger charge is -2.14. The van der Waals surface area contributed by atoms with Gasteiger partial charge < -0.3 is 15.8 Å². The van der Waals surface area contributed by atoms with Crippen LogP contribution in [0.2, 0.25) is 0 Å². The number of primary amides is 1. The molecule has 0 radical (unpaired) electrons. The lowest BCUT2D eigenvalue weighted by atomic mass is 10.1. The topological polar surface area (TPSA) is 88.1 Å². The molecule has 18 heavy (non-hydrogen) atoms. The minimum atomic E-state index is -0.330. The summed E-state index contributed by atoms with van der Waals surface area (Å²) in [5.74, 6) is 0.349. The summed E-state index contributed by atoms with van der Waals surface area (Å²) in [6, 6.07) is 9.41. The van der Waals surface area contributed by atoms with Crippen LogP contribution in [0, 0.1) is 11.3 Å². The molecule has 1 amide bonds. The maximum absolute atomic E-state index is 10.8. The summed E-state index contributed by atoms with van der Waals surface area (Å²) < 4.78 is 5.31. The van der Waals surface area contributed by atoms with Crippen molar-refractivity contribution in [3.63, 3.8) is 0 Å². The van der Waals surface area contributed by atoms with E-state index in [1.54, 1.807) is 0 Å². The highest BCUT2D eigenvalue weighted by Gasteiger charge is 2.07. The van der Waals surface area contributed by atoms with E-state index in [0.717, 1.165) is 5.56 Å². The molecule has 96 valence electrons. The van der Waals surface area contributed by atoms with Gasteiger partial charge in [0, 0.05) is 24.6 Å². The fraction of sp³-hybridized carbons (Fsp3) is 0.385. The predicted molar refractivity (Wildman–Crippen MR) is 67.7 cm³/mol. The maximum Gasteiger partial charge on any atom is 0.218 e. The van der Waals surface area contributed by atoms with Gasteiger partial charge in [-0.25, -0.2) is 0 Å². The second-order valence-electron chi connectivity index (χ2n) is 4.01. The first-order valence-electron chi connectivity index (χ1n) is 5.73. The number of nitriles is 1. The maximum atomic E-state index is 10.8. The Morgan fingerprint density at radius 2 is 2.28 bits per heavy atom. The van der Waals surface area contributed by atoms with E-state index >= 15 is 0 Å². The van der Waals surface area contributed by atoms with Gasteiger partial charge >= 0.3 is 0 Å². The van der Waals surface area contributed by atoms with Crippen LogP contribution in [-0.4, -0.2) is 18.6 Å². The number of amides is 1. The van der Waals surface area contributed by atoms with Crippen molar-refractivity contribution in [1.29, 1.82) is 5.26 Å². The Labute approximate surface area is 107 Å². The molecule has 1 aromatic carbocycles. The lowest BCUT2D eigenvalue weighted by Crippen LogP contribution is -2.30. The largest absolute Gasteiger partial charge is 0.478 e. The zero-order chi connectivity index (χ0) is 13.4. The van der Waals surface area contributed by atoms with Crippen LogP contribution in [0.25, 0.3) is 0 Å². The van der Waals surface area contributed by atoms with E-state index in [0.29, 0.717) is 18.7 Å². The molecule has 0 aliphatic rings. The molecule has 1 unspecified atom stereocenters. The molecule has 0 aliphatic heterocycles. The van der Waals surface area contributed by atoms with Crippen molar-refractivity contribution in [2.45, 2.75) is 25.9 Å². The molecule has 5 nitrogen and oxygen atoms in total. The van der Waals surface area contributed by atoms with Crippen LogP contribution in [0.15, 0.2) is 24.3 Å². The Bertz CT molecular complexity index is 440. The Kier molecular flexibility index (Phi) is 5.68. The molecule has 0 heterocycles. The third kappa shape index (κ3) is 4.85. The summed E-state index contributed by atoms with van der Waals surface area (Å²) in [6.07, 6.45) is 0.293. The van der Waals surface area contributed by atoms with E-state index in [9.17, 15) is 4.79 Å².